The van der Waals surface area contributed by atoms with Crippen molar-refractivity contribution in [3.63, 3.8) is 0 Å². The molecule has 1 N–H and O–H groups in total. The van der Waals surface area contributed by atoms with Crippen molar-refractivity contribution in [2.75, 3.05) is 0 Å². The van der Waals surface area contributed by atoms with Crippen LogP contribution in [0.2, 0.25) is 0 Å². The summed E-state index contributed by atoms with van der Waals surface area (Å²) >= 11 is 0. The maximum atomic E-state index is 12.7. The predicted octanol–water partition coefficient (Wildman–Crippen LogP) is 3.71. The third-order valence-electron chi connectivity index (χ3n) is 2.62. The molecule has 110 valence electrons. The molecule has 0 spiro atoms. The molecule has 1 aromatic heterocycles. The van der Waals surface area contributed by atoms with Crippen molar-refractivity contribution in [3.8, 4) is 0 Å². The second-order valence-electron chi connectivity index (χ2n) is 4.19. The molecule has 3 nitrogen and oxygen atoms in total. The standard InChI is InChI=1S/C13H13F3N2O.ClH/c1-9-6-11(18-19-9)8-17-7-10-4-2-3-5-12(10)13(14,15)16;/h2-6,17H,7-8H2,1H3;1H. The van der Waals surface area contributed by atoms with Gasteiger partial charge in [0.2, 0.25) is 0 Å². The summed E-state index contributed by atoms with van der Waals surface area (Å²) < 4.78 is 43.1. The number of halogens is 4. The zero-order valence-corrected chi connectivity index (χ0v) is 11.5. The number of aromatic nitrogens is 1. The minimum atomic E-state index is -4.33. The van der Waals surface area contributed by atoms with Crippen LogP contribution in [0.25, 0.3) is 0 Å². The molecule has 0 saturated carbocycles. The predicted molar refractivity (Wildman–Crippen MR) is 70.5 cm³/mol. The zero-order chi connectivity index (χ0) is 13.9. The smallest absolute Gasteiger partial charge is 0.361 e. The summed E-state index contributed by atoms with van der Waals surface area (Å²) in [5.74, 6) is 0.674. The molecular formula is C13H14ClF3N2O. The normalized spacial score (nSPS) is 11.2. The molecule has 0 aliphatic heterocycles. The molecule has 7 heteroatoms. The van der Waals surface area contributed by atoms with E-state index in [4.69, 9.17) is 4.52 Å². The molecule has 0 fully saturated rings. The van der Waals surface area contributed by atoms with E-state index in [9.17, 15) is 13.2 Å². The highest BCUT2D eigenvalue weighted by atomic mass is 35.5. The second-order valence-corrected chi connectivity index (χ2v) is 4.19. The van der Waals surface area contributed by atoms with Crippen LogP contribution in [0, 0.1) is 6.92 Å². The highest BCUT2D eigenvalue weighted by Crippen LogP contribution is 2.31. The Morgan fingerprint density at radius 3 is 2.50 bits per heavy atom. The van der Waals surface area contributed by atoms with Crippen molar-refractivity contribution in [3.05, 3.63) is 52.9 Å². The van der Waals surface area contributed by atoms with Crippen molar-refractivity contribution < 1.29 is 17.7 Å². The topological polar surface area (TPSA) is 38.1 Å². The SMILES string of the molecule is Cc1cc(CNCc2ccccc2C(F)(F)F)no1.Cl. The van der Waals surface area contributed by atoms with E-state index in [-0.39, 0.29) is 24.5 Å². The van der Waals surface area contributed by atoms with Crippen LogP contribution in [-0.2, 0) is 19.3 Å². The number of hydrogen-bond donors (Lipinski definition) is 1. The van der Waals surface area contributed by atoms with Crippen molar-refractivity contribution in [2.45, 2.75) is 26.2 Å². The van der Waals surface area contributed by atoms with Crippen LogP contribution in [0.3, 0.4) is 0 Å². The van der Waals surface area contributed by atoms with Gasteiger partial charge in [0, 0.05) is 19.2 Å². The first-order valence-corrected chi connectivity index (χ1v) is 5.75. The van der Waals surface area contributed by atoms with E-state index < -0.39 is 11.7 Å². The lowest BCUT2D eigenvalue weighted by Crippen LogP contribution is -2.17. The van der Waals surface area contributed by atoms with Crippen molar-refractivity contribution >= 4 is 12.4 Å². The minimum absolute atomic E-state index is 0. The molecule has 0 atom stereocenters. The van der Waals surface area contributed by atoms with Gasteiger partial charge >= 0.3 is 6.18 Å². The first-order valence-electron chi connectivity index (χ1n) is 5.75. The summed E-state index contributed by atoms with van der Waals surface area (Å²) in [7, 11) is 0. The molecule has 1 heterocycles. The molecule has 0 aliphatic rings. The number of rotatable bonds is 4. The number of hydrogen-bond acceptors (Lipinski definition) is 3. The molecule has 2 rings (SSSR count). The third-order valence-corrected chi connectivity index (χ3v) is 2.62. The number of alkyl halides is 3. The summed E-state index contributed by atoms with van der Waals surface area (Å²) in [6, 6.07) is 7.25. The van der Waals surface area contributed by atoms with Crippen molar-refractivity contribution in [1.29, 1.82) is 0 Å². The fourth-order valence-electron chi connectivity index (χ4n) is 1.78. The Kier molecular flexibility index (Phi) is 5.59. The summed E-state index contributed by atoms with van der Waals surface area (Å²) in [4.78, 5) is 0. The van der Waals surface area contributed by atoms with Gasteiger partial charge in [-0.05, 0) is 18.6 Å². The van der Waals surface area contributed by atoms with Gasteiger partial charge in [-0.1, -0.05) is 23.4 Å². The monoisotopic (exact) mass is 306 g/mol. The average Bonchev–Trinajstić information content (AvgIpc) is 2.74. The quantitative estimate of drug-likeness (QED) is 0.935. The molecule has 0 amide bonds. The van der Waals surface area contributed by atoms with Crippen LogP contribution in [0.1, 0.15) is 22.6 Å². The van der Waals surface area contributed by atoms with Gasteiger partial charge in [0.05, 0.1) is 11.3 Å². The summed E-state index contributed by atoms with van der Waals surface area (Å²) in [6.07, 6.45) is -4.33. The maximum absolute atomic E-state index is 12.7. The van der Waals surface area contributed by atoms with E-state index in [1.807, 2.05) is 0 Å². The minimum Gasteiger partial charge on any atom is -0.361 e. The molecule has 0 saturated heterocycles. The Morgan fingerprint density at radius 1 is 1.20 bits per heavy atom. The first-order chi connectivity index (χ1) is 8.97. The van der Waals surface area contributed by atoms with Gasteiger partial charge in [-0.3, -0.25) is 0 Å². The molecule has 0 bridgehead atoms. The third kappa shape index (κ3) is 4.25. The van der Waals surface area contributed by atoms with E-state index in [1.54, 1.807) is 19.1 Å². The molecular weight excluding hydrogens is 293 g/mol. The Balaban J connectivity index is 0.00000200. The molecule has 0 unspecified atom stereocenters. The lowest BCUT2D eigenvalue weighted by atomic mass is 10.1. The Hall–Kier alpha value is -1.53. The second kappa shape index (κ2) is 6.76. The van der Waals surface area contributed by atoms with E-state index >= 15 is 0 Å². The van der Waals surface area contributed by atoms with Crippen LogP contribution in [0.5, 0.6) is 0 Å². The van der Waals surface area contributed by atoms with Crippen LogP contribution in [0.4, 0.5) is 13.2 Å². The van der Waals surface area contributed by atoms with Gasteiger partial charge in [0.1, 0.15) is 5.76 Å². The number of nitrogens with one attached hydrogen (secondary N) is 1. The van der Waals surface area contributed by atoms with Gasteiger partial charge < -0.3 is 9.84 Å². The van der Waals surface area contributed by atoms with Gasteiger partial charge in [0.25, 0.3) is 0 Å². The maximum Gasteiger partial charge on any atom is 0.416 e. The molecule has 0 aliphatic carbocycles. The van der Waals surface area contributed by atoms with Gasteiger partial charge in [-0.2, -0.15) is 13.2 Å². The number of nitrogens with zero attached hydrogens (tertiary/aromatic N) is 1. The Morgan fingerprint density at radius 2 is 1.90 bits per heavy atom. The number of benzene rings is 1. The summed E-state index contributed by atoms with van der Waals surface area (Å²) in [5, 5.41) is 6.68. The molecule has 20 heavy (non-hydrogen) atoms. The fourth-order valence-corrected chi connectivity index (χ4v) is 1.78. The van der Waals surface area contributed by atoms with Gasteiger partial charge in [-0.15, -0.1) is 12.4 Å². The van der Waals surface area contributed by atoms with Gasteiger partial charge in [0.15, 0.2) is 0 Å². The molecule has 2 aromatic rings. The van der Waals surface area contributed by atoms with E-state index in [2.05, 4.69) is 10.5 Å². The molecule has 0 radical (unpaired) electrons. The largest absolute Gasteiger partial charge is 0.416 e. The lowest BCUT2D eigenvalue weighted by Gasteiger charge is -2.12. The van der Waals surface area contributed by atoms with Crippen molar-refractivity contribution in [1.82, 2.24) is 10.5 Å². The van der Waals surface area contributed by atoms with Crippen LogP contribution in [0.15, 0.2) is 34.9 Å². The lowest BCUT2D eigenvalue weighted by molar-refractivity contribution is -0.138. The average molecular weight is 307 g/mol. The zero-order valence-electron chi connectivity index (χ0n) is 10.7. The van der Waals surface area contributed by atoms with Crippen LogP contribution >= 0.6 is 12.4 Å². The van der Waals surface area contributed by atoms with E-state index in [1.165, 1.54) is 12.1 Å². The van der Waals surface area contributed by atoms with E-state index in [0.717, 1.165) is 6.07 Å². The van der Waals surface area contributed by atoms with Crippen molar-refractivity contribution in [2.24, 2.45) is 0 Å². The summed E-state index contributed by atoms with van der Waals surface area (Å²) in [6.45, 7) is 2.25. The first kappa shape index (κ1) is 16.5. The Bertz CT molecular complexity index is 555. The fraction of sp³-hybridized carbons (Fsp3) is 0.308. The highest BCUT2D eigenvalue weighted by Gasteiger charge is 2.32. The molecule has 1 aromatic carbocycles. The highest BCUT2D eigenvalue weighted by molar-refractivity contribution is 5.85. The summed E-state index contributed by atoms with van der Waals surface area (Å²) in [5.41, 5.74) is 0.274. The van der Waals surface area contributed by atoms with E-state index in [0.29, 0.717) is 18.0 Å². The van der Waals surface area contributed by atoms with Crippen LogP contribution in [-0.4, -0.2) is 5.16 Å². The Labute approximate surface area is 120 Å². The van der Waals surface area contributed by atoms with Crippen LogP contribution < -0.4 is 5.32 Å². The van der Waals surface area contributed by atoms with Gasteiger partial charge in [-0.25, -0.2) is 0 Å². The number of aryl methyl sites for hydroxylation is 1.